The van der Waals surface area contributed by atoms with Crippen LogP contribution in [0.15, 0.2) is 42.7 Å². The van der Waals surface area contributed by atoms with Crippen LogP contribution in [-0.2, 0) is 27.8 Å². The van der Waals surface area contributed by atoms with Crippen molar-refractivity contribution in [3.8, 4) is 0 Å². The lowest BCUT2D eigenvalue weighted by Gasteiger charge is -2.35. The van der Waals surface area contributed by atoms with Gasteiger partial charge in [0, 0.05) is 45.0 Å². The number of amides is 1. The number of anilines is 1. The summed E-state index contributed by atoms with van der Waals surface area (Å²) in [7, 11) is -3.48. The molecule has 0 bridgehead atoms. The van der Waals surface area contributed by atoms with E-state index in [-0.39, 0.29) is 12.5 Å². The lowest BCUT2D eigenvalue weighted by molar-refractivity contribution is -0.132. The monoisotopic (exact) mass is 388 g/mol. The van der Waals surface area contributed by atoms with Crippen molar-refractivity contribution in [3.05, 3.63) is 48.3 Å². The van der Waals surface area contributed by atoms with Crippen LogP contribution in [0.25, 0.3) is 0 Å². The molecular formula is C19H24N4O3S. The molecule has 1 atom stereocenters. The molecule has 1 fully saturated rings. The number of fused-ring (bicyclic) bond motifs is 1. The zero-order valence-corrected chi connectivity index (χ0v) is 16.0. The summed E-state index contributed by atoms with van der Waals surface area (Å²) in [6.45, 7) is 1.91. The van der Waals surface area contributed by atoms with Gasteiger partial charge in [0.15, 0.2) is 0 Å². The normalized spacial score (nSPS) is 19.9. The van der Waals surface area contributed by atoms with E-state index in [0.717, 1.165) is 17.7 Å². The van der Waals surface area contributed by atoms with E-state index < -0.39 is 15.3 Å². The average Bonchev–Trinajstić information content (AvgIpc) is 3.36. The quantitative estimate of drug-likeness (QED) is 0.781. The highest BCUT2D eigenvalue weighted by Gasteiger charge is 2.39. The number of carbonyl (C=O) groups is 1. The van der Waals surface area contributed by atoms with Crippen molar-refractivity contribution in [3.63, 3.8) is 0 Å². The molecule has 4 rings (SSSR count). The minimum atomic E-state index is -3.48. The Bertz CT molecular complexity index is 911. The van der Waals surface area contributed by atoms with Crippen LogP contribution >= 0.6 is 0 Å². The predicted octanol–water partition coefficient (Wildman–Crippen LogP) is 1.66. The third-order valence-corrected chi connectivity index (χ3v) is 7.64. The Labute approximate surface area is 159 Å². The number of aryl methyl sites for hydroxylation is 1. The lowest BCUT2D eigenvalue weighted by atomic mass is 10.1. The number of carbonyl (C=O) groups excluding carboxylic acids is 1. The molecule has 2 aliphatic heterocycles. The van der Waals surface area contributed by atoms with Gasteiger partial charge in [-0.1, -0.05) is 18.2 Å². The summed E-state index contributed by atoms with van der Waals surface area (Å²) in [6.07, 6.45) is 5.90. The maximum Gasteiger partial charge on any atom is 0.239 e. The Balaban J connectivity index is 1.44. The van der Waals surface area contributed by atoms with Crippen LogP contribution in [-0.4, -0.2) is 53.9 Å². The fraction of sp³-hybridized carbons (Fsp3) is 0.474. The Morgan fingerprint density at radius 2 is 2.04 bits per heavy atom. The molecule has 0 saturated carbocycles. The van der Waals surface area contributed by atoms with Gasteiger partial charge < -0.3 is 4.90 Å². The smallest absolute Gasteiger partial charge is 0.239 e. The fourth-order valence-electron chi connectivity index (χ4n) is 3.96. The van der Waals surface area contributed by atoms with Crippen molar-refractivity contribution in [1.29, 1.82) is 0 Å². The summed E-state index contributed by atoms with van der Waals surface area (Å²) in [5.41, 5.74) is 1.86. The van der Waals surface area contributed by atoms with Crippen molar-refractivity contribution >= 4 is 21.6 Å². The minimum Gasteiger partial charge on any atom is -0.341 e. The van der Waals surface area contributed by atoms with Crippen molar-refractivity contribution in [2.45, 2.75) is 37.5 Å². The van der Waals surface area contributed by atoms with Crippen molar-refractivity contribution in [1.82, 2.24) is 14.7 Å². The van der Waals surface area contributed by atoms with E-state index in [2.05, 4.69) is 5.10 Å². The lowest BCUT2D eigenvalue weighted by Crippen LogP contribution is -2.49. The number of benzene rings is 1. The summed E-state index contributed by atoms with van der Waals surface area (Å²) in [6, 6.07) is 9.49. The summed E-state index contributed by atoms with van der Waals surface area (Å²) >= 11 is 0. The van der Waals surface area contributed by atoms with E-state index in [4.69, 9.17) is 0 Å². The number of nitrogens with zero attached hydrogens (tertiary/aromatic N) is 4. The van der Waals surface area contributed by atoms with Crippen LogP contribution in [0.1, 0.15) is 24.8 Å². The van der Waals surface area contributed by atoms with E-state index in [1.54, 1.807) is 20.1 Å². The number of para-hydroxylation sites is 1. The van der Waals surface area contributed by atoms with Crippen LogP contribution < -0.4 is 4.31 Å². The molecule has 0 radical (unpaired) electrons. The molecule has 3 heterocycles. The molecule has 8 heteroatoms. The van der Waals surface area contributed by atoms with Crippen LogP contribution in [0.2, 0.25) is 0 Å². The molecular weight excluding hydrogens is 364 g/mol. The maximum atomic E-state index is 13.2. The number of hydrogen-bond donors (Lipinski definition) is 0. The van der Waals surface area contributed by atoms with Gasteiger partial charge in [0.25, 0.3) is 0 Å². The molecule has 0 spiro atoms. The second-order valence-electron chi connectivity index (χ2n) is 7.12. The second kappa shape index (κ2) is 7.34. The molecule has 0 N–H and O–H groups in total. The Kier molecular flexibility index (Phi) is 4.90. The zero-order valence-electron chi connectivity index (χ0n) is 15.2. The highest BCUT2D eigenvalue weighted by atomic mass is 32.2. The average molecular weight is 388 g/mol. The molecule has 27 heavy (non-hydrogen) atoms. The topological polar surface area (TPSA) is 75.5 Å². The first-order chi connectivity index (χ1) is 13.1. The third-order valence-electron chi connectivity index (χ3n) is 5.42. The summed E-state index contributed by atoms with van der Waals surface area (Å²) in [4.78, 5) is 14.3. The first-order valence-corrected chi connectivity index (χ1v) is 10.9. The number of hydrogen-bond acceptors (Lipinski definition) is 4. The number of aromatic nitrogens is 2. The molecule has 1 saturated heterocycles. The molecule has 1 aromatic carbocycles. The van der Waals surface area contributed by atoms with Gasteiger partial charge in [0.2, 0.25) is 15.9 Å². The Morgan fingerprint density at radius 1 is 1.19 bits per heavy atom. The largest absolute Gasteiger partial charge is 0.341 e. The standard InChI is InChI=1S/C19H24N4O3S/c24-19(9-13-22-12-4-10-20-22)21-11-3-6-17(15-21)27(25,26)23-14-8-16-5-1-2-7-18(16)23/h1-2,4-5,7,10,12,17H,3,6,8-9,11,13-15H2. The first kappa shape index (κ1) is 18.0. The maximum absolute atomic E-state index is 13.2. The second-order valence-corrected chi connectivity index (χ2v) is 9.26. The highest BCUT2D eigenvalue weighted by Crippen LogP contribution is 2.33. The van der Waals surface area contributed by atoms with Gasteiger partial charge in [-0.25, -0.2) is 8.42 Å². The van der Waals surface area contributed by atoms with Crippen molar-refractivity contribution in [2.24, 2.45) is 0 Å². The SMILES string of the molecule is O=C(CCn1cccn1)N1CCCC(S(=O)(=O)N2CCc3ccccc32)C1. The molecule has 2 aromatic rings. The molecule has 0 aliphatic carbocycles. The van der Waals surface area contributed by atoms with Crippen LogP contribution in [0.5, 0.6) is 0 Å². The van der Waals surface area contributed by atoms with E-state index in [1.807, 2.05) is 36.5 Å². The molecule has 7 nitrogen and oxygen atoms in total. The van der Waals surface area contributed by atoms with E-state index in [0.29, 0.717) is 38.9 Å². The molecule has 144 valence electrons. The zero-order chi connectivity index (χ0) is 18.9. The van der Waals surface area contributed by atoms with Crippen LogP contribution in [0.4, 0.5) is 5.69 Å². The predicted molar refractivity (Wildman–Crippen MR) is 103 cm³/mol. The van der Waals surface area contributed by atoms with Gasteiger partial charge in [0.05, 0.1) is 10.9 Å². The third kappa shape index (κ3) is 3.58. The number of piperidine rings is 1. The molecule has 2 aliphatic rings. The molecule has 1 amide bonds. The van der Waals surface area contributed by atoms with Gasteiger partial charge in [-0.15, -0.1) is 0 Å². The highest BCUT2D eigenvalue weighted by molar-refractivity contribution is 7.93. The van der Waals surface area contributed by atoms with E-state index in [9.17, 15) is 13.2 Å². The van der Waals surface area contributed by atoms with Gasteiger partial charge in [0.1, 0.15) is 0 Å². The Hall–Kier alpha value is -2.35. The fourth-order valence-corrected chi connectivity index (χ4v) is 5.95. The van der Waals surface area contributed by atoms with Crippen molar-refractivity contribution in [2.75, 3.05) is 23.9 Å². The minimum absolute atomic E-state index is 0.00720. The number of sulfonamides is 1. The number of rotatable bonds is 5. The first-order valence-electron chi connectivity index (χ1n) is 9.40. The van der Waals surface area contributed by atoms with Gasteiger partial charge in [-0.05, 0) is 37.0 Å². The summed E-state index contributed by atoms with van der Waals surface area (Å²) in [5, 5.41) is 3.57. The summed E-state index contributed by atoms with van der Waals surface area (Å²) < 4.78 is 29.7. The van der Waals surface area contributed by atoms with Crippen LogP contribution in [0.3, 0.4) is 0 Å². The summed E-state index contributed by atoms with van der Waals surface area (Å²) in [5.74, 6) is -0.00720. The molecule has 1 unspecified atom stereocenters. The van der Waals surface area contributed by atoms with Crippen molar-refractivity contribution < 1.29 is 13.2 Å². The van der Waals surface area contributed by atoms with Gasteiger partial charge in [-0.2, -0.15) is 5.10 Å². The molecule has 1 aromatic heterocycles. The van der Waals surface area contributed by atoms with E-state index in [1.165, 1.54) is 0 Å². The Morgan fingerprint density at radius 3 is 2.85 bits per heavy atom. The van der Waals surface area contributed by atoms with Crippen LogP contribution in [0, 0.1) is 0 Å². The van der Waals surface area contributed by atoms with E-state index >= 15 is 0 Å². The number of likely N-dealkylation sites (tertiary alicyclic amines) is 1. The van der Waals surface area contributed by atoms with Gasteiger partial charge >= 0.3 is 0 Å². The van der Waals surface area contributed by atoms with Gasteiger partial charge in [-0.3, -0.25) is 13.8 Å².